The maximum Gasteiger partial charge on any atom is 0.251 e. The third kappa shape index (κ3) is 3.73. The SMILES string of the molecule is CNc1cc(C(=O)NCCSC)cc(C)n1. The Kier molecular flexibility index (Phi) is 5.11. The second-order valence-corrected chi connectivity index (χ2v) is 4.37. The highest BCUT2D eigenvalue weighted by Gasteiger charge is 2.07. The van der Waals surface area contributed by atoms with E-state index in [1.807, 2.05) is 13.2 Å². The number of carbonyl (C=O) groups excluding carboxylic acids is 1. The van der Waals surface area contributed by atoms with Crippen LogP contribution in [0.3, 0.4) is 0 Å². The summed E-state index contributed by atoms with van der Waals surface area (Å²) in [5.74, 6) is 1.60. The first-order valence-corrected chi connectivity index (χ1v) is 6.50. The molecule has 1 rings (SSSR count). The molecule has 0 radical (unpaired) electrons. The zero-order chi connectivity index (χ0) is 12.0. The minimum absolute atomic E-state index is 0.0453. The Balaban J connectivity index is 2.71. The Morgan fingerprint density at radius 3 is 2.88 bits per heavy atom. The maximum atomic E-state index is 11.8. The Bertz CT molecular complexity index is 368. The van der Waals surface area contributed by atoms with Crippen LogP contribution in [0.2, 0.25) is 0 Å². The number of nitrogens with zero attached hydrogens (tertiary/aromatic N) is 1. The van der Waals surface area contributed by atoms with Crippen molar-refractivity contribution in [2.24, 2.45) is 0 Å². The summed E-state index contributed by atoms with van der Waals surface area (Å²) in [6.07, 6.45) is 2.02. The molecule has 1 amide bonds. The van der Waals surface area contributed by atoms with E-state index in [1.165, 1.54) is 0 Å². The number of hydrogen-bond donors (Lipinski definition) is 2. The molecular weight excluding hydrogens is 222 g/mol. The van der Waals surface area contributed by atoms with Gasteiger partial charge in [0.25, 0.3) is 5.91 Å². The number of anilines is 1. The lowest BCUT2D eigenvalue weighted by Crippen LogP contribution is -2.25. The smallest absolute Gasteiger partial charge is 0.251 e. The van der Waals surface area contributed by atoms with Gasteiger partial charge in [0.15, 0.2) is 0 Å². The van der Waals surface area contributed by atoms with E-state index in [1.54, 1.807) is 30.9 Å². The number of aryl methyl sites for hydroxylation is 1. The van der Waals surface area contributed by atoms with Crippen molar-refractivity contribution >= 4 is 23.5 Å². The normalized spacial score (nSPS) is 9.94. The molecule has 0 atom stereocenters. The summed E-state index contributed by atoms with van der Waals surface area (Å²) in [7, 11) is 1.79. The highest BCUT2D eigenvalue weighted by atomic mass is 32.2. The summed E-state index contributed by atoms with van der Waals surface area (Å²) in [5.41, 5.74) is 1.49. The van der Waals surface area contributed by atoms with Gasteiger partial charge in [-0.25, -0.2) is 4.98 Å². The van der Waals surface area contributed by atoms with Crippen LogP contribution in [0.15, 0.2) is 12.1 Å². The predicted molar refractivity (Wildman–Crippen MR) is 69.2 cm³/mol. The second kappa shape index (κ2) is 6.37. The zero-order valence-electron chi connectivity index (χ0n) is 9.83. The molecule has 0 spiro atoms. The lowest BCUT2D eigenvalue weighted by atomic mass is 10.2. The van der Waals surface area contributed by atoms with Gasteiger partial charge in [-0.3, -0.25) is 4.79 Å². The van der Waals surface area contributed by atoms with E-state index >= 15 is 0 Å². The highest BCUT2D eigenvalue weighted by molar-refractivity contribution is 7.98. The molecule has 88 valence electrons. The standard InChI is InChI=1S/C11H17N3OS/c1-8-6-9(7-10(12-2)14-8)11(15)13-4-5-16-3/h6-7H,4-5H2,1-3H3,(H,12,14)(H,13,15). The maximum absolute atomic E-state index is 11.8. The van der Waals surface area contributed by atoms with Crippen molar-refractivity contribution in [1.29, 1.82) is 0 Å². The monoisotopic (exact) mass is 239 g/mol. The Morgan fingerprint density at radius 2 is 2.25 bits per heavy atom. The molecule has 0 fully saturated rings. The molecule has 0 aromatic carbocycles. The summed E-state index contributed by atoms with van der Waals surface area (Å²) in [6.45, 7) is 2.57. The third-order valence-corrected chi connectivity index (χ3v) is 2.68. The molecule has 0 aliphatic carbocycles. The Morgan fingerprint density at radius 1 is 1.50 bits per heavy atom. The van der Waals surface area contributed by atoms with Gasteiger partial charge in [-0.05, 0) is 25.3 Å². The van der Waals surface area contributed by atoms with Gasteiger partial charge in [0, 0.05) is 30.6 Å². The molecule has 0 saturated carbocycles. The number of aromatic nitrogens is 1. The number of thioether (sulfide) groups is 1. The molecule has 0 unspecified atom stereocenters. The van der Waals surface area contributed by atoms with Gasteiger partial charge in [-0.1, -0.05) is 0 Å². The molecular formula is C11H17N3OS. The van der Waals surface area contributed by atoms with Gasteiger partial charge in [-0.15, -0.1) is 0 Å². The number of pyridine rings is 1. The van der Waals surface area contributed by atoms with Gasteiger partial charge >= 0.3 is 0 Å². The number of amides is 1. The molecule has 0 aliphatic rings. The lowest BCUT2D eigenvalue weighted by Gasteiger charge is -2.07. The topological polar surface area (TPSA) is 54.0 Å². The van der Waals surface area contributed by atoms with Crippen LogP contribution in [0.1, 0.15) is 16.1 Å². The third-order valence-electron chi connectivity index (χ3n) is 2.06. The van der Waals surface area contributed by atoms with Gasteiger partial charge in [0.1, 0.15) is 5.82 Å². The van der Waals surface area contributed by atoms with Crippen molar-refractivity contribution in [3.8, 4) is 0 Å². The molecule has 0 bridgehead atoms. The fraction of sp³-hybridized carbons (Fsp3) is 0.455. The van der Waals surface area contributed by atoms with E-state index < -0.39 is 0 Å². The number of carbonyl (C=O) groups is 1. The van der Waals surface area contributed by atoms with Crippen LogP contribution in [-0.2, 0) is 0 Å². The quantitative estimate of drug-likeness (QED) is 0.765. The zero-order valence-corrected chi connectivity index (χ0v) is 10.6. The first-order valence-electron chi connectivity index (χ1n) is 5.11. The molecule has 16 heavy (non-hydrogen) atoms. The van der Waals surface area contributed by atoms with Gasteiger partial charge in [0.2, 0.25) is 0 Å². The number of nitrogens with one attached hydrogen (secondary N) is 2. The summed E-state index contributed by atoms with van der Waals surface area (Å²) in [6, 6.07) is 3.54. The fourth-order valence-corrected chi connectivity index (χ4v) is 1.60. The van der Waals surface area contributed by atoms with E-state index in [9.17, 15) is 4.79 Å². The predicted octanol–water partition coefficient (Wildman–Crippen LogP) is 1.52. The molecule has 0 aliphatic heterocycles. The minimum atomic E-state index is -0.0453. The van der Waals surface area contributed by atoms with Crippen molar-refractivity contribution in [2.45, 2.75) is 6.92 Å². The number of hydrogen-bond acceptors (Lipinski definition) is 4. The van der Waals surface area contributed by atoms with Crippen LogP contribution in [0, 0.1) is 6.92 Å². The highest BCUT2D eigenvalue weighted by Crippen LogP contribution is 2.09. The van der Waals surface area contributed by atoms with E-state index in [0.29, 0.717) is 12.1 Å². The Hall–Kier alpha value is -1.23. The lowest BCUT2D eigenvalue weighted by molar-refractivity contribution is 0.0956. The molecule has 5 heteroatoms. The van der Waals surface area contributed by atoms with Gasteiger partial charge in [-0.2, -0.15) is 11.8 Å². The average Bonchev–Trinajstić information content (AvgIpc) is 2.28. The molecule has 1 aromatic rings. The fourth-order valence-electron chi connectivity index (χ4n) is 1.30. The van der Waals surface area contributed by atoms with Crippen molar-refractivity contribution in [3.05, 3.63) is 23.4 Å². The van der Waals surface area contributed by atoms with Crippen LogP contribution in [0.25, 0.3) is 0 Å². The van der Waals surface area contributed by atoms with Crippen LogP contribution in [0.5, 0.6) is 0 Å². The molecule has 4 nitrogen and oxygen atoms in total. The van der Waals surface area contributed by atoms with Crippen LogP contribution >= 0.6 is 11.8 Å². The van der Waals surface area contributed by atoms with Crippen molar-refractivity contribution in [1.82, 2.24) is 10.3 Å². The summed E-state index contributed by atoms with van der Waals surface area (Å²) in [5, 5.41) is 5.80. The minimum Gasteiger partial charge on any atom is -0.373 e. The first kappa shape index (κ1) is 12.8. The first-order chi connectivity index (χ1) is 7.67. The van der Waals surface area contributed by atoms with Gasteiger partial charge in [0.05, 0.1) is 0 Å². The molecule has 0 saturated heterocycles. The second-order valence-electron chi connectivity index (χ2n) is 3.38. The van der Waals surface area contributed by atoms with E-state index in [-0.39, 0.29) is 5.91 Å². The largest absolute Gasteiger partial charge is 0.373 e. The summed E-state index contributed by atoms with van der Waals surface area (Å²) in [4.78, 5) is 16.0. The Labute approximate surface area is 100 Å². The van der Waals surface area contributed by atoms with E-state index in [2.05, 4.69) is 15.6 Å². The van der Waals surface area contributed by atoms with Gasteiger partial charge < -0.3 is 10.6 Å². The van der Waals surface area contributed by atoms with Crippen molar-refractivity contribution in [2.75, 3.05) is 30.9 Å². The number of rotatable bonds is 5. The van der Waals surface area contributed by atoms with E-state index in [0.717, 1.165) is 17.3 Å². The summed E-state index contributed by atoms with van der Waals surface area (Å²) < 4.78 is 0. The van der Waals surface area contributed by atoms with Crippen molar-refractivity contribution in [3.63, 3.8) is 0 Å². The van der Waals surface area contributed by atoms with Crippen LogP contribution in [-0.4, -0.2) is 36.5 Å². The molecule has 2 N–H and O–H groups in total. The molecule has 1 heterocycles. The van der Waals surface area contributed by atoms with E-state index in [4.69, 9.17) is 0 Å². The van der Waals surface area contributed by atoms with Crippen LogP contribution < -0.4 is 10.6 Å². The molecule has 1 aromatic heterocycles. The average molecular weight is 239 g/mol. The van der Waals surface area contributed by atoms with Crippen molar-refractivity contribution < 1.29 is 4.79 Å². The summed E-state index contributed by atoms with van der Waals surface area (Å²) >= 11 is 1.71. The van der Waals surface area contributed by atoms with Crippen LogP contribution in [0.4, 0.5) is 5.82 Å².